The molecule has 1 unspecified atom stereocenters. The van der Waals surface area contributed by atoms with Crippen LogP contribution in [0.2, 0.25) is 0 Å². The van der Waals surface area contributed by atoms with E-state index < -0.39 is 7.60 Å². The van der Waals surface area contributed by atoms with Crippen molar-refractivity contribution >= 4 is 7.60 Å². The van der Waals surface area contributed by atoms with E-state index >= 15 is 0 Å². The Hall–Kier alpha value is 0.150. The maximum Gasteiger partial charge on any atom is 0.328 e. The van der Waals surface area contributed by atoms with Crippen molar-refractivity contribution in [3.05, 3.63) is 0 Å². The number of hydrogen-bond acceptors (Lipinski definition) is 2. The van der Waals surface area contributed by atoms with Gasteiger partial charge in [0, 0.05) is 6.16 Å². The third kappa shape index (κ3) is 16.8. The second-order valence-electron chi connectivity index (χ2n) is 3.55. The van der Waals surface area contributed by atoms with Gasteiger partial charge in [-0.2, -0.15) is 0 Å². The Morgan fingerprint density at radius 1 is 1.07 bits per heavy atom. The lowest BCUT2D eigenvalue weighted by Gasteiger charge is -2.09. The molecule has 0 saturated heterocycles. The van der Waals surface area contributed by atoms with Crippen molar-refractivity contribution in [2.24, 2.45) is 0 Å². The summed E-state index contributed by atoms with van der Waals surface area (Å²) in [5.41, 5.74) is 0. The van der Waals surface area contributed by atoms with Gasteiger partial charge in [0.1, 0.15) is 0 Å². The van der Waals surface area contributed by atoms with Crippen molar-refractivity contribution in [1.29, 1.82) is 0 Å². The number of rotatable bonds is 7. The average Bonchev–Trinajstić information content (AvgIpc) is 2.14. The van der Waals surface area contributed by atoms with E-state index in [-0.39, 0.29) is 0 Å². The van der Waals surface area contributed by atoms with Gasteiger partial charge in [-0.3, -0.25) is 4.57 Å². The number of hydrogen-bond donors (Lipinski definition) is 1. The summed E-state index contributed by atoms with van der Waals surface area (Å²) >= 11 is 0. The molecule has 0 heterocycles. The van der Waals surface area contributed by atoms with Crippen LogP contribution in [-0.4, -0.2) is 17.7 Å². The molecule has 0 aromatic rings. The Balaban J connectivity index is 0. The quantitative estimate of drug-likeness (QED) is 0.534. The highest BCUT2D eigenvalue weighted by atomic mass is 31.2. The molecule has 3 nitrogen and oxygen atoms in total. The smallest absolute Gasteiger partial charge is 0.324 e. The molecule has 0 aromatic heterocycles. The summed E-state index contributed by atoms with van der Waals surface area (Å²) in [6, 6.07) is 0. The molecular formula is C11H27O3P. The standard InChI is InChI=1S/C8H19O3P.C3H8/c1-3-5-6-7-8-12(9,10)11-4-2;1-3-2/h3-8H2,1-2H3,(H,9,10);3H2,1-2H3. The fourth-order valence-corrected chi connectivity index (χ4v) is 2.16. The van der Waals surface area contributed by atoms with Crippen LogP contribution in [0.4, 0.5) is 0 Å². The summed E-state index contributed by atoms with van der Waals surface area (Å²) in [5.74, 6) is 0. The van der Waals surface area contributed by atoms with Gasteiger partial charge in [-0.25, -0.2) is 0 Å². The van der Waals surface area contributed by atoms with Crippen LogP contribution in [0.25, 0.3) is 0 Å². The van der Waals surface area contributed by atoms with Crippen LogP contribution in [0.15, 0.2) is 0 Å². The molecule has 0 aliphatic heterocycles. The lowest BCUT2D eigenvalue weighted by Crippen LogP contribution is -1.94. The van der Waals surface area contributed by atoms with Crippen LogP contribution < -0.4 is 0 Å². The Labute approximate surface area is 94.8 Å². The topological polar surface area (TPSA) is 46.5 Å². The molecule has 1 atom stereocenters. The van der Waals surface area contributed by atoms with Gasteiger partial charge in [-0.1, -0.05) is 46.5 Å². The van der Waals surface area contributed by atoms with Crippen molar-refractivity contribution in [2.45, 2.75) is 59.8 Å². The van der Waals surface area contributed by atoms with Crippen molar-refractivity contribution in [3.8, 4) is 0 Å². The molecule has 0 aromatic carbocycles. The van der Waals surface area contributed by atoms with Gasteiger partial charge in [0.15, 0.2) is 0 Å². The minimum atomic E-state index is -3.23. The summed E-state index contributed by atoms with van der Waals surface area (Å²) < 4.78 is 15.8. The van der Waals surface area contributed by atoms with E-state index in [0.717, 1.165) is 25.7 Å². The summed E-state index contributed by atoms with van der Waals surface area (Å²) in [5, 5.41) is 0. The van der Waals surface area contributed by atoms with E-state index in [1.807, 2.05) is 0 Å². The first-order valence-corrected chi connectivity index (χ1v) is 7.76. The predicted molar refractivity (Wildman–Crippen MR) is 66.4 cm³/mol. The highest BCUT2D eigenvalue weighted by Crippen LogP contribution is 2.42. The second-order valence-corrected chi connectivity index (χ2v) is 5.53. The van der Waals surface area contributed by atoms with Crippen LogP contribution in [0, 0.1) is 0 Å². The van der Waals surface area contributed by atoms with Crippen LogP contribution >= 0.6 is 7.60 Å². The van der Waals surface area contributed by atoms with Crippen molar-refractivity contribution in [1.82, 2.24) is 0 Å². The molecule has 0 radical (unpaired) electrons. The van der Waals surface area contributed by atoms with Gasteiger partial charge in [-0.05, 0) is 13.3 Å². The van der Waals surface area contributed by atoms with Crippen LogP contribution in [0.5, 0.6) is 0 Å². The molecule has 0 aliphatic carbocycles. The van der Waals surface area contributed by atoms with Crippen LogP contribution in [0.3, 0.4) is 0 Å². The largest absolute Gasteiger partial charge is 0.328 e. The van der Waals surface area contributed by atoms with Gasteiger partial charge in [-0.15, -0.1) is 0 Å². The Bertz CT molecular complexity index is 160. The Morgan fingerprint density at radius 3 is 2.00 bits per heavy atom. The van der Waals surface area contributed by atoms with Crippen LogP contribution in [-0.2, 0) is 9.09 Å². The van der Waals surface area contributed by atoms with Crippen molar-refractivity contribution < 1.29 is 14.0 Å². The SMILES string of the molecule is CCC.CCCCCCP(=O)(O)OCC. The number of unbranched alkanes of at least 4 members (excludes halogenated alkanes) is 3. The predicted octanol–water partition coefficient (Wildman–Crippen LogP) is 4.20. The summed E-state index contributed by atoms with van der Waals surface area (Å²) in [6.07, 6.45) is 5.65. The van der Waals surface area contributed by atoms with E-state index in [4.69, 9.17) is 9.42 Å². The van der Waals surface area contributed by atoms with E-state index in [1.165, 1.54) is 6.42 Å². The first-order chi connectivity index (χ1) is 7.04. The Kier molecular flexibility index (Phi) is 14.3. The fraction of sp³-hybridized carbons (Fsp3) is 1.00. The monoisotopic (exact) mass is 238 g/mol. The fourth-order valence-electron chi connectivity index (χ4n) is 1.00. The van der Waals surface area contributed by atoms with Crippen molar-refractivity contribution in [2.75, 3.05) is 12.8 Å². The minimum absolute atomic E-state index is 0.306. The molecule has 0 bridgehead atoms. The van der Waals surface area contributed by atoms with E-state index in [9.17, 15) is 4.57 Å². The zero-order valence-corrected chi connectivity index (χ0v) is 11.6. The lowest BCUT2D eigenvalue weighted by atomic mass is 10.2. The maximum absolute atomic E-state index is 11.1. The third-order valence-electron chi connectivity index (χ3n) is 1.63. The minimum Gasteiger partial charge on any atom is -0.324 e. The summed E-state index contributed by atoms with van der Waals surface area (Å²) in [6.45, 7) is 8.41. The maximum atomic E-state index is 11.1. The van der Waals surface area contributed by atoms with Gasteiger partial charge < -0.3 is 9.42 Å². The third-order valence-corrected chi connectivity index (χ3v) is 3.17. The zero-order chi connectivity index (χ0) is 12.2. The molecule has 1 N–H and O–H groups in total. The molecule has 4 heteroatoms. The summed E-state index contributed by atoms with van der Waals surface area (Å²) in [4.78, 5) is 9.15. The molecule has 0 rings (SSSR count). The molecule has 0 amide bonds. The first kappa shape index (κ1) is 17.5. The summed E-state index contributed by atoms with van der Waals surface area (Å²) in [7, 11) is -3.23. The molecule has 0 saturated carbocycles. The van der Waals surface area contributed by atoms with Gasteiger partial charge in [0.2, 0.25) is 0 Å². The molecular weight excluding hydrogens is 211 g/mol. The molecule has 0 aliphatic rings. The molecule has 94 valence electrons. The van der Waals surface area contributed by atoms with E-state index in [0.29, 0.717) is 12.8 Å². The van der Waals surface area contributed by atoms with E-state index in [2.05, 4.69) is 20.8 Å². The normalized spacial score (nSPS) is 13.9. The van der Waals surface area contributed by atoms with Gasteiger partial charge in [0.25, 0.3) is 0 Å². The average molecular weight is 238 g/mol. The van der Waals surface area contributed by atoms with E-state index in [1.54, 1.807) is 6.92 Å². The van der Waals surface area contributed by atoms with Crippen molar-refractivity contribution in [3.63, 3.8) is 0 Å². The van der Waals surface area contributed by atoms with Crippen LogP contribution in [0.1, 0.15) is 59.8 Å². The zero-order valence-electron chi connectivity index (χ0n) is 10.7. The molecule has 0 fully saturated rings. The first-order valence-electron chi connectivity index (χ1n) is 6.00. The van der Waals surface area contributed by atoms with Gasteiger partial charge >= 0.3 is 7.60 Å². The lowest BCUT2D eigenvalue weighted by molar-refractivity contribution is 0.273. The molecule has 15 heavy (non-hydrogen) atoms. The van der Waals surface area contributed by atoms with Gasteiger partial charge in [0.05, 0.1) is 6.61 Å². The highest BCUT2D eigenvalue weighted by molar-refractivity contribution is 7.52. The highest BCUT2D eigenvalue weighted by Gasteiger charge is 2.16. The molecule has 0 spiro atoms. The second kappa shape index (κ2) is 12.2. The Morgan fingerprint density at radius 2 is 1.60 bits per heavy atom.